The number of carbonyl (C=O) groups is 3. The number of hydrogen-bond donors (Lipinski definition) is 1. The fourth-order valence-electron chi connectivity index (χ4n) is 3.77. The van der Waals surface area contributed by atoms with Gasteiger partial charge in [-0.15, -0.1) is 11.3 Å². The third kappa shape index (κ3) is 6.06. The first kappa shape index (κ1) is 25.5. The summed E-state index contributed by atoms with van der Waals surface area (Å²) in [6.07, 6.45) is 0. The molecule has 0 bridgehead atoms. The lowest BCUT2D eigenvalue weighted by Gasteiger charge is -2.35. The lowest BCUT2D eigenvalue weighted by Crippen LogP contribution is -2.48. The maximum absolute atomic E-state index is 12.8. The molecule has 1 fully saturated rings. The van der Waals surface area contributed by atoms with Gasteiger partial charge in [0.1, 0.15) is 15.6 Å². The Hall–Kier alpha value is -3.11. The SMILES string of the molecule is CCOC(=O)c1sc(NC(=O)CN2CCN(c3ccc(OC)cc3)CC2)c(C(=O)OCC)c1C. The van der Waals surface area contributed by atoms with E-state index in [1.54, 1.807) is 27.9 Å². The molecule has 1 aromatic heterocycles. The van der Waals surface area contributed by atoms with Crippen LogP contribution in [0.2, 0.25) is 0 Å². The molecule has 1 amide bonds. The Balaban J connectivity index is 1.63. The average molecular weight is 490 g/mol. The minimum atomic E-state index is -0.574. The number of benzene rings is 1. The largest absolute Gasteiger partial charge is 0.497 e. The van der Waals surface area contributed by atoms with Crippen molar-refractivity contribution in [2.24, 2.45) is 0 Å². The molecule has 1 saturated heterocycles. The van der Waals surface area contributed by atoms with Crippen molar-refractivity contribution in [3.63, 3.8) is 0 Å². The van der Waals surface area contributed by atoms with Crippen molar-refractivity contribution in [3.05, 3.63) is 40.3 Å². The highest BCUT2D eigenvalue weighted by Gasteiger charge is 2.28. The minimum Gasteiger partial charge on any atom is -0.497 e. The van der Waals surface area contributed by atoms with Gasteiger partial charge in [0.05, 0.1) is 32.4 Å². The summed E-state index contributed by atoms with van der Waals surface area (Å²) >= 11 is 1.04. The quantitative estimate of drug-likeness (QED) is 0.537. The predicted molar refractivity (Wildman–Crippen MR) is 131 cm³/mol. The van der Waals surface area contributed by atoms with E-state index in [1.165, 1.54) is 0 Å². The van der Waals surface area contributed by atoms with Crippen molar-refractivity contribution in [2.75, 3.05) is 63.3 Å². The van der Waals surface area contributed by atoms with E-state index in [-0.39, 0.29) is 36.1 Å². The normalized spacial score (nSPS) is 13.9. The summed E-state index contributed by atoms with van der Waals surface area (Å²) in [6, 6.07) is 7.92. The molecule has 0 saturated carbocycles. The molecule has 2 heterocycles. The number of ether oxygens (including phenoxy) is 3. The fourth-order valence-corrected chi connectivity index (χ4v) is 4.87. The monoisotopic (exact) mass is 489 g/mol. The van der Waals surface area contributed by atoms with E-state index >= 15 is 0 Å². The molecule has 0 atom stereocenters. The van der Waals surface area contributed by atoms with Gasteiger partial charge in [0.25, 0.3) is 0 Å². The van der Waals surface area contributed by atoms with Crippen LogP contribution < -0.4 is 15.0 Å². The number of thiophene rings is 1. The van der Waals surface area contributed by atoms with E-state index in [9.17, 15) is 14.4 Å². The van der Waals surface area contributed by atoms with Gasteiger partial charge in [-0.3, -0.25) is 9.69 Å². The maximum Gasteiger partial charge on any atom is 0.348 e. The molecule has 9 nitrogen and oxygen atoms in total. The molecule has 1 N–H and O–H groups in total. The van der Waals surface area contributed by atoms with Gasteiger partial charge in [0, 0.05) is 31.9 Å². The van der Waals surface area contributed by atoms with E-state index < -0.39 is 11.9 Å². The van der Waals surface area contributed by atoms with Crippen LogP contribution in [-0.2, 0) is 14.3 Å². The Bertz CT molecular complexity index is 1010. The first-order valence-corrected chi connectivity index (χ1v) is 12.1. The van der Waals surface area contributed by atoms with Gasteiger partial charge in [-0.2, -0.15) is 0 Å². The first-order chi connectivity index (χ1) is 16.4. The van der Waals surface area contributed by atoms with Crippen molar-refractivity contribution in [1.82, 2.24) is 4.90 Å². The van der Waals surface area contributed by atoms with E-state index in [4.69, 9.17) is 14.2 Å². The molecule has 1 aliphatic rings. The molecular weight excluding hydrogens is 458 g/mol. The Labute approximate surface area is 203 Å². The van der Waals surface area contributed by atoms with Crippen molar-refractivity contribution in [1.29, 1.82) is 0 Å². The van der Waals surface area contributed by atoms with Gasteiger partial charge in [-0.25, -0.2) is 9.59 Å². The van der Waals surface area contributed by atoms with E-state index in [0.29, 0.717) is 10.6 Å². The predicted octanol–water partition coefficient (Wildman–Crippen LogP) is 3.18. The standard InChI is InChI=1S/C24H31N3O6S/c1-5-32-23(29)20-16(3)21(24(30)33-6-2)34-22(20)25-19(28)15-26-11-13-27(14-12-26)17-7-9-18(31-4)10-8-17/h7-10H,5-6,11-15H2,1-4H3,(H,25,28). The molecule has 0 radical (unpaired) electrons. The van der Waals surface area contributed by atoms with Crippen LogP contribution in [0.4, 0.5) is 10.7 Å². The average Bonchev–Trinajstić information content (AvgIpc) is 3.15. The lowest BCUT2D eigenvalue weighted by atomic mass is 10.1. The second-order valence-electron chi connectivity index (χ2n) is 7.71. The number of carbonyl (C=O) groups excluding carboxylic acids is 3. The number of piperazine rings is 1. The van der Waals surface area contributed by atoms with Crippen molar-refractivity contribution < 1.29 is 28.6 Å². The van der Waals surface area contributed by atoms with Crippen LogP contribution >= 0.6 is 11.3 Å². The zero-order valence-electron chi connectivity index (χ0n) is 20.0. The Morgan fingerprint density at radius 3 is 2.18 bits per heavy atom. The molecular formula is C24H31N3O6S. The van der Waals surface area contributed by atoms with E-state index in [0.717, 1.165) is 49.0 Å². The van der Waals surface area contributed by atoms with Gasteiger partial charge in [0.15, 0.2) is 0 Å². The number of amides is 1. The fraction of sp³-hybridized carbons (Fsp3) is 0.458. The Morgan fingerprint density at radius 1 is 0.971 bits per heavy atom. The summed E-state index contributed by atoms with van der Waals surface area (Å²) < 4.78 is 15.4. The molecule has 0 aliphatic carbocycles. The molecule has 10 heteroatoms. The summed E-state index contributed by atoms with van der Waals surface area (Å²) in [6.45, 7) is 8.69. The third-order valence-electron chi connectivity index (χ3n) is 5.52. The van der Waals surface area contributed by atoms with Crippen LogP contribution in [0.3, 0.4) is 0 Å². The van der Waals surface area contributed by atoms with Gasteiger partial charge in [0.2, 0.25) is 5.91 Å². The van der Waals surface area contributed by atoms with Gasteiger partial charge in [-0.1, -0.05) is 0 Å². The number of nitrogens with zero attached hydrogens (tertiary/aromatic N) is 2. The van der Waals surface area contributed by atoms with Crippen molar-refractivity contribution in [3.8, 4) is 5.75 Å². The van der Waals surface area contributed by atoms with Crippen LogP contribution in [-0.4, -0.2) is 75.8 Å². The van der Waals surface area contributed by atoms with Crippen LogP contribution in [0.5, 0.6) is 5.75 Å². The van der Waals surface area contributed by atoms with E-state index in [1.807, 2.05) is 24.3 Å². The third-order valence-corrected chi connectivity index (χ3v) is 6.70. The summed E-state index contributed by atoms with van der Waals surface area (Å²) in [4.78, 5) is 42.2. The van der Waals surface area contributed by atoms with E-state index in [2.05, 4.69) is 15.1 Å². The molecule has 2 aromatic rings. The highest BCUT2D eigenvalue weighted by molar-refractivity contribution is 7.18. The Morgan fingerprint density at radius 2 is 1.59 bits per heavy atom. The molecule has 184 valence electrons. The molecule has 1 aromatic carbocycles. The first-order valence-electron chi connectivity index (χ1n) is 11.3. The van der Waals surface area contributed by atoms with Crippen LogP contribution in [0, 0.1) is 6.92 Å². The van der Waals surface area contributed by atoms with Gasteiger partial charge >= 0.3 is 11.9 Å². The topological polar surface area (TPSA) is 97.4 Å². The van der Waals surface area contributed by atoms with Crippen LogP contribution in [0.15, 0.2) is 24.3 Å². The molecule has 3 rings (SSSR count). The van der Waals surface area contributed by atoms with Crippen LogP contribution in [0.1, 0.15) is 39.4 Å². The summed E-state index contributed by atoms with van der Waals surface area (Å²) in [7, 11) is 1.64. The number of rotatable bonds is 9. The highest BCUT2D eigenvalue weighted by Crippen LogP contribution is 2.34. The number of nitrogens with one attached hydrogen (secondary N) is 1. The summed E-state index contributed by atoms with van der Waals surface area (Å²) in [5, 5.41) is 3.12. The molecule has 1 aliphatic heterocycles. The zero-order chi connectivity index (χ0) is 24.7. The number of anilines is 2. The van der Waals surface area contributed by atoms with Crippen LogP contribution in [0.25, 0.3) is 0 Å². The molecule has 0 spiro atoms. The van der Waals surface area contributed by atoms with Crippen molar-refractivity contribution in [2.45, 2.75) is 20.8 Å². The maximum atomic E-state index is 12.8. The highest BCUT2D eigenvalue weighted by atomic mass is 32.1. The summed E-state index contributed by atoms with van der Waals surface area (Å²) in [5.41, 5.74) is 1.77. The van der Waals surface area contributed by atoms with Crippen molar-refractivity contribution >= 4 is 39.9 Å². The summed E-state index contributed by atoms with van der Waals surface area (Å²) in [5.74, 6) is -0.530. The smallest absolute Gasteiger partial charge is 0.348 e. The second-order valence-corrected chi connectivity index (χ2v) is 8.73. The lowest BCUT2D eigenvalue weighted by molar-refractivity contribution is -0.117. The second kappa shape index (κ2) is 11.8. The number of hydrogen-bond acceptors (Lipinski definition) is 9. The zero-order valence-corrected chi connectivity index (χ0v) is 20.8. The number of methoxy groups -OCH3 is 1. The molecule has 0 unspecified atom stereocenters. The molecule has 34 heavy (non-hydrogen) atoms. The minimum absolute atomic E-state index is 0.185. The van der Waals surface area contributed by atoms with Gasteiger partial charge in [-0.05, 0) is 50.6 Å². The Kier molecular flexibility index (Phi) is 8.89. The van der Waals surface area contributed by atoms with Gasteiger partial charge < -0.3 is 24.4 Å². The number of esters is 2.